The molecule has 0 amide bonds. The molecule has 6 nitrogen and oxygen atoms in total. The van der Waals surface area contributed by atoms with Crippen LogP contribution in [0.4, 0.5) is 0 Å². The second kappa shape index (κ2) is 3.76. The SMILES string of the molecule is CC1CNCc2nnc(C3COC(C)(C)O3)n21. The summed E-state index contributed by atoms with van der Waals surface area (Å²) < 4.78 is 13.6. The first kappa shape index (κ1) is 11.1. The van der Waals surface area contributed by atoms with Gasteiger partial charge in [0.2, 0.25) is 0 Å². The third kappa shape index (κ3) is 1.86. The largest absolute Gasteiger partial charge is 0.347 e. The average molecular weight is 238 g/mol. The third-order valence-corrected chi connectivity index (χ3v) is 3.25. The lowest BCUT2D eigenvalue weighted by atomic mass is 10.2. The van der Waals surface area contributed by atoms with Crippen molar-refractivity contribution in [3.05, 3.63) is 11.6 Å². The van der Waals surface area contributed by atoms with Crippen LogP contribution in [0.3, 0.4) is 0 Å². The molecule has 6 heteroatoms. The zero-order chi connectivity index (χ0) is 12.0. The first-order valence-corrected chi connectivity index (χ1v) is 6.03. The summed E-state index contributed by atoms with van der Waals surface area (Å²) in [6.45, 7) is 8.26. The molecule has 2 aliphatic heterocycles. The molecule has 3 rings (SSSR count). The second-order valence-corrected chi connectivity index (χ2v) is 5.14. The Morgan fingerprint density at radius 2 is 2.24 bits per heavy atom. The highest BCUT2D eigenvalue weighted by molar-refractivity contribution is 5.05. The molecule has 1 aromatic rings. The van der Waals surface area contributed by atoms with E-state index in [2.05, 4.69) is 27.0 Å². The lowest BCUT2D eigenvalue weighted by Gasteiger charge is -2.25. The minimum Gasteiger partial charge on any atom is -0.347 e. The zero-order valence-electron chi connectivity index (χ0n) is 10.4. The Labute approximate surface area is 100 Å². The van der Waals surface area contributed by atoms with E-state index in [4.69, 9.17) is 9.47 Å². The Kier molecular flexibility index (Phi) is 2.46. The Morgan fingerprint density at radius 1 is 1.41 bits per heavy atom. The summed E-state index contributed by atoms with van der Waals surface area (Å²) in [5, 5.41) is 11.8. The normalized spacial score (nSPS) is 31.5. The second-order valence-electron chi connectivity index (χ2n) is 5.14. The van der Waals surface area contributed by atoms with Crippen LogP contribution < -0.4 is 5.32 Å². The Bertz CT molecular complexity index is 429. The lowest BCUT2D eigenvalue weighted by Crippen LogP contribution is -2.33. The van der Waals surface area contributed by atoms with Gasteiger partial charge in [0.25, 0.3) is 0 Å². The zero-order valence-corrected chi connectivity index (χ0v) is 10.4. The average Bonchev–Trinajstić information content (AvgIpc) is 2.82. The highest BCUT2D eigenvalue weighted by Gasteiger charge is 2.37. The maximum absolute atomic E-state index is 5.84. The van der Waals surface area contributed by atoms with Gasteiger partial charge in [0.05, 0.1) is 13.2 Å². The van der Waals surface area contributed by atoms with E-state index in [1.807, 2.05) is 13.8 Å². The molecular weight excluding hydrogens is 220 g/mol. The fraction of sp³-hybridized carbons (Fsp3) is 0.818. The summed E-state index contributed by atoms with van der Waals surface area (Å²) in [6.07, 6.45) is -0.105. The molecule has 2 atom stereocenters. The van der Waals surface area contributed by atoms with E-state index >= 15 is 0 Å². The van der Waals surface area contributed by atoms with Crippen LogP contribution in [-0.2, 0) is 16.0 Å². The number of ether oxygens (including phenoxy) is 2. The van der Waals surface area contributed by atoms with Gasteiger partial charge in [-0.05, 0) is 20.8 Å². The van der Waals surface area contributed by atoms with Crippen molar-refractivity contribution >= 4 is 0 Å². The van der Waals surface area contributed by atoms with E-state index in [0.717, 1.165) is 24.7 Å². The van der Waals surface area contributed by atoms with E-state index < -0.39 is 5.79 Å². The van der Waals surface area contributed by atoms with Crippen LogP contribution in [0.2, 0.25) is 0 Å². The first-order chi connectivity index (χ1) is 8.07. The summed E-state index contributed by atoms with van der Waals surface area (Å²) >= 11 is 0. The summed E-state index contributed by atoms with van der Waals surface area (Å²) in [5.74, 6) is 1.35. The van der Waals surface area contributed by atoms with E-state index in [0.29, 0.717) is 12.6 Å². The molecule has 3 heterocycles. The highest BCUT2D eigenvalue weighted by atomic mass is 16.7. The summed E-state index contributed by atoms with van der Waals surface area (Å²) in [4.78, 5) is 0. The van der Waals surface area contributed by atoms with Crippen molar-refractivity contribution in [2.75, 3.05) is 13.2 Å². The molecule has 0 bridgehead atoms. The smallest absolute Gasteiger partial charge is 0.165 e. The monoisotopic (exact) mass is 238 g/mol. The Balaban J connectivity index is 1.92. The van der Waals surface area contributed by atoms with Gasteiger partial charge in [-0.25, -0.2) is 0 Å². The van der Waals surface area contributed by atoms with Gasteiger partial charge in [0.1, 0.15) is 11.9 Å². The molecule has 2 unspecified atom stereocenters. The molecule has 0 aromatic carbocycles. The summed E-state index contributed by atoms with van der Waals surface area (Å²) in [5.41, 5.74) is 0. The molecule has 1 saturated heterocycles. The molecule has 17 heavy (non-hydrogen) atoms. The van der Waals surface area contributed by atoms with Crippen molar-refractivity contribution in [1.82, 2.24) is 20.1 Å². The van der Waals surface area contributed by atoms with Crippen molar-refractivity contribution in [2.45, 2.75) is 45.2 Å². The fourth-order valence-corrected chi connectivity index (χ4v) is 2.46. The van der Waals surface area contributed by atoms with Crippen molar-refractivity contribution in [1.29, 1.82) is 0 Å². The molecule has 1 aromatic heterocycles. The van der Waals surface area contributed by atoms with Crippen LogP contribution >= 0.6 is 0 Å². The Morgan fingerprint density at radius 3 is 2.94 bits per heavy atom. The van der Waals surface area contributed by atoms with Gasteiger partial charge < -0.3 is 19.4 Å². The topological polar surface area (TPSA) is 61.2 Å². The van der Waals surface area contributed by atoms with Gasteiger partial charge in [0.15, 0.2) is 11.6 Å². The van der Waals surface area contributed by atoms with Gasteiger partial charge >= 0.3 is 0 Å². The van der Waals surface area contributed by atoms with Gasteiger partial charge in [-0.1, -0.05) is 0 Å². The number of hydrogen-bond acceptors (Lipinski definition) is 5. The first-order valence-electron chi connectivity index (χ1n) is 6.03. The predicted molar refractivity (Wildman–Crippen MR) is 60.3 cm³/mol. The van der Waals surface area contributed by atoms with Gasteiger partial charge in [-0.15, -0.1) is 10.2 Å². The maximum atomic E-state index is 5.84. The van der Waals surface area contributed by atoms with E-state index in [9.17, 15) is 0 Å². The molecule has 0 aliphatic carbocycles. The summed E-state index contributed by atoms with van der Waals surface area (Å²) in [7, 11) is 0. The molecule has 0 radical (unpaired) electrons. The molecule has 1 fully saturated rings. The number of aromatic nitrogens is 3. The van der Waals surface area contributed by atoms with Crippen LogP contribution in [0, 0.1) is 0 Å². The molecule has 0 spiro atoms. The van der Waals surface area contributed by atoms with Crippen molar-refractivity contribution < 1.29 is 9.47 Å². The molecular formula is C11H18N4O2. The number of hydrogen-bond donors (Lipinski definition) is 1. The van der Waals surface area contributed by atoms with E-state index in [1.165, 1.54) is 0 Å². The van der Waals surface area contributed by atoms with Gasteiger partial charge in [0, 0.05) is 12.6 Å². The molecule has 94 valence electrons. The van der Waals surface area contributed by atoms with Crippen molar-refractivity contribution in [2.24, 2.45) is 0 Å². The van der Waals surface area contributed by atoms with Crippen LogP contribution in [0.1, 0.15) is 44.6 Å². The van der Waals surface area contributed by atoms with Gasteiger partial charge in [-0.2, -0.15) is 0 Å². The minimum atomic E-state index is -0.521. The van der Waals surface area contributed by atoms with Crippen LogP contribution in [0.25, 0.3) is 0 Å². The van der Waals surface area contributed by atoms with E-state index in [1.54, 1.807) is 0 Å². The quantitative estimate of drug-likeness (QED) is 0.783. The van der Waals surface area contributed by atoms with Crippen molar-refractivity contribution in [3.8, 4) is 0 Å². The minimum absolute atomic E-state index is 0.105. The van der Waals surface area contributed by atoms with Gasteiger partial charge in [-0.3, -0.25) is 0 Å². The molecule has 2 aliphatic rings. The number of nitrogens with zero attached hydrogens (tertiary/aromatic N) is 3. The third-order valence-electron chi connectivity index (χ3n) is 3.25. The maximum Gasteiger partial charge on any atom is 0.165 e. The van der Waals surface area contributed by atoms with Crippen LogP contribution in [-0.4, -0.2) is 33.7 Å². The Hall–Kier alpha value is -0.980. The molecule has 1 N–H and O–H groups in total. The number of rotatable bonds is 1. The number of fused-ring (bicyclic) bond motifs is 1. The predicted octanol–water partition coefficient (Wildman–Crippen LogP) is 0.766. The highest BCUT2D eigenvalue weighted by Crippen LogP contribution is 2.33. The summed E-state index contributed by atoms with van der Waals surface area (Å²) in [6, 6.07) is 0.357. The standard InChI is InChI=1S/C11H18N4O2/c1-7-4-12-5-9-13-14-10(15(7)9)8-6-16-11(2,3)17-8/h7-8,12H,4-6H2,1-3H3. The fourth-order valence-electron chi connectivity index (χ4n) is 2.46. The van der Waals surface area contributed by atoms with E-state index in [-0.39, 0.29) is 6.10 Å². The lowest BCUT2D eigenvalue weighted by molar-refractivity contribution is -0.140. The molecule has 0 saturated carbocycles. The van der Waals surface area contributed by atoms with Crippen molar-refractivity contribution in [3.63, 3.8) is 0 Å². The number of nitrogens with one attached hydrogen (secondary N) is 1. The van der Waals surface area contributed by atoms with Crippen LogP contribution in [0.5, 0.6) is 0 Å². The van der Waals surface area contributed by atoms with Crippen LogP contribution in [0.15, 0.2) is 0 Å².